The third-order valence-corrected chi connectivity index (χ3v) is 4.32. The highest BCUT2D eigenvalue weighted by Crippen LogP contribution is 2.35. The normalized spacial score (nSPS) is 21.1. The highest BCUT2D eigenvalue weighted by Gasteiger charge is 2.27. The number of hydrogen-bond donors (Lipinski definition) is 1. The minimum atomic E-state index is 0.435. The number of anilines is 2. The van der Waals surface area contributed by atoms with Crippen molar-refractivity contribution in [3.63, 3.8) is 0 Å². The van der Waals surface area contributed by atoms with Gasteiger partial charge in [0, 0.05) is 38.1 Å². The van der Waals surface area contributed by atoms with E-state index in [4.69, 9.17) is 0 Å². The van der Waals surface area contributed by atoms with E-state index in [1.807, 2.05) is 13.2 Å². The molecule has 1 aliphatic heterocycles. The van der Waals surface area contributed by atoms with Gasteiger partial charge in [-0.2, -0.15) is 0 Å². The standard InChI is InChI=1S/C16H27N3/c1-16(2,3)13-6-5-10-19(11-8-13)14-7-9-18-15(12-14)17-4/h7,9,12-13H,5-6,8,10-11H2,1-4H3,(H,17,18). The Kier molecular flexibility index (Phi) is 4.33. The van der Waals surface area contributed by atoms with Crippen LogP contribution in [0.3, 0.4) is 0 Å². The summed E-state index contributed by atoms with van der Waals surface area (Å²) in [6.45, 7) is 9.45. The SMILES string of the molecule is CNc1cc(N2CCCC(C(C)(C)C)CC2)ccn1. The first kappa shape index (κ1) is 14.2. The molecule has 0 spiro atoms. The summed E-state index contributed by atoms with van der Waals surface area (Å²) >= 11 is 0. The van der Waals surface area contributed by atoms with E-state index in [0.717, 1.165) is 18.3 Å². The lowest BCUT2D eigenvalue weighted by Crippen LogP contribution is -2.26. The zero-order valence-corrected chi connectivity index (χ0v) is 12.7. The number of nitrogens with zero attached hydrogens (tertiary/aromatic N) is 2. The lowest BCUT2D eigenvalue weighted by Gasteiger charge is -2.30. The molecule has 3 nitrogen and oxygen atoms in total. The molecule has 0 bridgehead atoms. The van der Waals surface area contributed by atoms with Crippen LogP contribution in [0.1, 0.15) is 40.0 Å². The van der Waals surface area contributed by atoms with Crippen LogP contribution in [0.15, 0.2) is 18.3 Å². The number of pyridine rings is 1. The van der Waals surface area contributed by atoms with Gasteiger partial charge in [0.25, 0.3) is 0 Å². The predicted octanol–water partition coefficient (Wildman–Crippen LogP) is 3.78. The van der Waals surface area contributed by atoms with Crippen LogP contribution in [0, 0.1) is 11.3 Å². The van der Waals surface area contributed by atoms with E-state index in [2.05, 4.69) is 48.1 Å². The fraction of sp³-hybridized carbons (Fsp3) is 0.688. The maximum Gasteiger partial charge on any atom is 0.127 e. The van der Waals surface area contributed by atoms with Crippen molar-refractivity contribution in [1.82, 2.24) is 4.98 Å². The molecule has 1 atom stereocenters. The minimum Gasteiger partial charge on any atom is -0.373 e. The molecule has 0 amide bonds. The van der Waals surface area contributed by atoms with E-state index in [0.29, 0.717) is 5.41 Å². The van der Waals surface area contributed by atoms with E-state index in [9.17, 15) is 0 Å². The number of aromatic nitrogens is 1. The summed E-state index contributed by atoms with van der Waals surface area (Å²) in [5.41, 5.74) is 1.73. The molecule has 1 aromatic rings. The Morgan fingerprint density at radius 2 is 2.05 bits per heavy atom. The van der Waals surface area contributed by atoms with Gasteiger partial charge in [0.1, 0.15) is 5.82 Å². The third kappa shape index (κ3) is 3.62. The van der Waals surface area contributed by atoms with E-state index in [-0.39, 0.29) is 0 Å². The molecule has 106 valence electrons. The smallest absolute Gasteiger partial charge is 0.127 e. The van der Waals surface area contributed by atoms with Crippen LogP contribution in [0.5, 0.6) is 0 Å². The number of hydrogen-bond acceptors (Lipinski definition) is 3. The summed E-state index contributed by atoms with van der Waals surface area (Å²) in [4.78, 5) is 6.80. The molecule has 2 heterocycles. The molecular weight excluding hydrogens is 234 g/mol. The van der Waals surface area contributed by atoms with Gasteiger partial charge in [0.15, 0.2) is 0 Å². The van der Waals surface area contributed by atoms with Crippen LogP contribution in [-0.4, -0.2) is 25.1 Å². The predicted molar refractivity (Wildman–Crippen MR) is 82.8 cm³/mol. The van der Waals surface area contributed by atoms with Crippen LogP contribution in [-0.2, 0) is 0 Å². The van der Waals surface area contributed by atoms with Gasteiger partial charge in [-0.05, 0) is 36.7 Å². The maximum atomic E-state index is 4.29. The highest BCUT2D eigenvalue weighted by atomic mass is 15.1. The van der Waals surface area contributed by atoms with E-state index < -0.39 is 0 Å². The van der Waals surface area contributed by atoms with Crippen molar-refractivity contribution in [1.29, 1.82) is 0 Å². The van der Waals surface area contributed by atoms with Crippen LogP contribution in [0.4, 0.5) is 11.5 Å². The van der Waals surface area contributed by atoms with E-state index >= 15 is 0 Å². The highest BCUT2D eigenvalue weighted by molar-refractivity contribution is 5.53. The van der Waals surface area contributed by atoms with Gasteiger partial charge >= 0.3 is 0 Å². The van der Waals surface area contributed by atoms with Crippen molar-refractivity contribution in [2.45, 2.75) is 40.0 Å². The molecule has 0 radical (unpaired) electrons. The summed E-state index contributed by atoms with van der Waals surface area (Å²) in [5, 5.41) is 3.12. The van der Waals surface area contributed by atoms with Gasteiger partial charge in [0.05, 0.1) is 0 Å². The maximum absolute atomic E-state index is 4.29. The summed E-state index contributed by atoms with van der Waals surface area (Å²) in [6, 6.07) is 4.27. The molecule has 1 aromatic heterocycles. The fourth-order valence-corrected chi connectivity index (χ4v) is 2.97. The Bertz CT molecular complexity index is 409. The average molecular weight is 261 g/mol. The first-order valence-electron chi connectivity index (χ1n) is 7.39. The van der Waals surface area contributed by atoms with E-state index in [1.54, 1.807) is 0 Å². The zero-order valence-electron chi connectivity index (χ0n) is 12.7. The molecule has 1 fully saturated rings. The molecule has 0 saturated carbocycles. The zero-order chi connectivity index (χ0) is 13.9. The Morgan fingerprint density at radius 1 is 1.26 bits per heavy atom. The molecule has 1 aliphatic rings. The fourth-order valence-electron chi connectivity index (χ4n) is 2.97. The molecule has 19 heavy (non-hydrogen) atoms. The molecular formula is C16H27N3. The Morgan fingerprint density at radius 3 is 2.74 bits per heavy atom. The van der Waals surface area contributed by atoms with Crippen molar-refractivity contribution >= 4 is 11.5 Å². The third-order valence-electron chi connectivity index (χ3n) is 4.32. The van der Waals surface area contributed by atoms with E-state index in [1.165, 1.54) is 31.5 Å². The molecule has 3 heteroatoms. The second-order valence-corrected chi connectivity index (χ2v) is 6.63. The second kappa shape index (κ2) is 5.81. The molecule has 1 saturated heterocycles. The average Bonchev–Trinajstić information content (AvgIpc) is 2.64. The summed E-state index contributed by atoms with van der Waals surface area (Å²) in [6.07, 6.45) is 5.83. The van der Waals surface area contributed by atoms with Crippen LogP contribution in [0.25, 0.3) is 0 Å². The lowest BCUT2D eigenvalue weighted by molar-refractivity contribution is 0.220. The summed E-state index contributed by atoms with van der Waals surface area (Å²) in [5.74, 6) is 1.79. The van der Waals surface area contributed by atoms with Gasteiger partial charge in [-0.25, -0.2) is 4.98 Å². The first-order valence-corrected chi connectivity index (χ1v) is 7.39. The van der Waals surface area contributed by atoms with Crippen LogP contribution >= 0.6 is 0 Å². The lowest BCUT2D eigenvalue weighted by atomic mass is 9.77. The van der Waals surface area contributed by atoms with Gasteiger partial charge in [0.2, 0.25) is 0 Å². The van der Waals surface area contributed by atoms with Crippen molar-refractivity contribution in [2.75, 3.05) is 30.4 Å². The van der Waals surface area contributed by atoms with Crippen molar-refractivity contribution in [2.24, 2.45) is 11.3 Å². The summed E-state index contributed by atoms with van der Waals surface area (Å²) < 4.78 is 0. The van der Waals surface area contributed by atoms with Crippen molar-refractivity contribution < 1.29 is 0 Å². The van der Waals surface area contributed by atoms with Gasteiger partial charge in [-0.3, -0.25) is 0 Å². The van der Waals surface area contributed by atoms with Crippen molar-refractivity contribution in [3.8, 4) is 0 Å². The monoisotopic (exact) mass is 261 g/mol. The number of nitrogens with one attached hydrogen (secondary N) is 1. The molecule has 1 N–H and O–H groups in total. The van der Waals surface area contributed by atoms with Gasteiger partial charge in [-0.1, -0.05) is 20.8 Å². The van der Waals surface area contributed by atoms with Crippen LogP contribution in [0.2, 0.25) is 0 Å². The Hall–Kier alpha value is -1.25. The van der Waals surface area contributed by atoms with Gasteiger partial charge < -0.3 is 10.2 Å². The topological polar surface area (TPSA) is 28.2 Å². The summed E-state index contributed by atoms with van der Waals surface area (Å²) in [7, 11) is 1.92. The molecule has 1 unspecified atom stereocenters. The van der Waals surface area contributed by atoms with Crippen LogP contribution < -0.4 is 10.2 Å². The minimum absolute atomic E-state index is 0.435. The van der Waals surface area contributed by atoms with Crippen molar-refractivity contribution in [3.05, 3.63) is 18.3 Å². The number of rotatable bonds is 2. The molecule has 0 aliphatic carbocycles. The quantitative estimate of drug-likeness (QED) is 0.878. The largest absolute Gasteiger partial charge is 0.373 e. The Balaban J connectivity index is 2.06. The second-order valence-electron chi connectivity index (χ2n) is 6.63. The van der Waals surface area contributed by atoms with Gasteiger partial charge in [-0.15, -0.1) is 0 Å². The molecule has 0 aromatic carbocycles. The molecule has 2 rings (SSSR count). The first-order chi connectivity index (χ1) is 9.00. The Labute approximate surface area is 117 Å².